The van der Waals surface area contributed by atoms with Crippen LogP contribution < -0.4 is 5.32 Å². The van der Waals surface area contributed by atoms with Crippen LogP contribution in [0.25, 0.3) is 6.08 Å². The molecule has 0 radical (unpaired) electrons. The van der Waals surface area contributed by atoms with Gasteiger partial charge >= 0.3 is 5.97 Å². The zero-order valence-electron chi connectivity index (χ0n) is 11.9. The smallest absolute Gasteiger partial charge is 0.335 e. The number of imide groups is 1. The van der Waals surface area contributed by atoms with Crippen molar-refractivity contribution in [2.75, 3.05) is 0 Å². The highest BCUT2D eigenvalue weighted by Crippen LogP contribution is 2.33. The van der Waals surface area contributed by atoms with Crippen LogP contribution in [0.3, 0.4) is 0 Å². The monoisotopic (exact) mass is 297 g/mol. The van der Waals surface area contributed by atoms with Gasteiger partial charge in [-0.3, -0.25) is 14.9 Å². The number of rotatable bonds is 2. The Morgan fingerprint density at radius 3 is 2.27 bits per heavy atom. The second kappa shape index (κ2) is 5.60. The molecule has 22 heavy (non-hydrogen) atoms. The van der Waals surface area contributed by atoms with Crippen LogP contribution in [-0.4, -0.2) is 22.9 Å². The minimum Gasteiger partial charge on any atom is -0.478 e. The van der Waals surface area contributed by atoms with E-state index in [0.717, 1.165) is 30.4 Å². The molecule has 2 N–H and O–H groups in total. The summed E-state index contributed by atoms with van der Waals surface area (Å²) in [5.74, 6) is -1.65. The Bertz CT molecular complexity index is 726. The topological polar surface area (TPSA) is 83.5 Å². The van der Waals surface area contributed by atoms with E-state index in [0.29, 0.717) is 17.6 Å². The number of amides is 2. The van der Waals surface area contributed by atoms with Crippen molar-refractivity contribution in [3.05, 3.63) is 52.1 Å². The van der Waals surface area contributed by atoms with Crippen molar-refractivity contribution in [3.8, 4) is 0 Å². The molecule has 1 aromatic rings. The lowest BCUT2D eigenvalue weighted by Gasteiger charge is -2.25. The highest BCUT2D eigenvalue weighted by Gasteiger charge is 2.30. The van der Waals surface area contributed by atoms with Crippen LogP contribution in [-0.2, 0) is 9.59 Å². The predicted octanol–water partition coefficient (Wildman–Crippen LogP) is 2.30. The van der Waals surface area contributed by atoms with Crippen LogP contribution in [0.15, 0.2) is 41.0 Å². The summed E-state index contributed by atoms with van der Waals surface area (Å²) in [5.41, 5.74) is 2.99. The Labute approximate surface area is 127 Å². The van der Waals surface area contributed by atoms with Crippen molar-refractivity contribution in [1.82, 2.24) is 5.32 Å². The Morgan fingerprint density at radius 2 is 1.64 bits per heavy atom. The first-order chi connectivity index (χ1) is 10.6. The van der Waals surface area contributed by atoms with Gasteiger partial charge in [0.2, 0.25) is 0 Å². The Hall–Kier alpha value is -2.69. The fourth-order valence-electron chi connectivity index (χ4n) is 2.88. The normalized spacial score (nSPS) is 19.9. The zero-order chi connectivity index (χ0) is 15.7. The lowest BCUT2D eigenvalue weighted by Crippen LogP contribution is -2.39. The molecule has 3 rings (SSSR count). The number of hydrogen-bond donors (Lipinski definition) is 2. The van der Waals surface area contributed by atoms with Gasteiger partial charge in [-0.1, -0.05) is 12.1 Å². The summed E-state index contributed by atoms with van der Waals surface area (Å²) in [6.45, 7) is 0. The molecule has 0 saturated heterocycles. The van der Waals surface area contributed by atoms with E-state index >= 15 is 0 Å². The van der Waals surface area contributed by atoms with Crippen LogP contribution >= 0.6 is 0 Å². The average Bonchev–Trinajstić information content (AvgIpc) is 2.52. The first-order valence-corrected chi connectivity index (χ1v) is 7.19. The molecule has 0 saturated carbocycles. The third-order valence-corrected chi connectivity index (χ3v) is 4.01. The predicted molar refractivity (Wildman–Crippen MR) is 80.0 cm³/mol. The van der Waals surface area contributed by atoms with Gasteiger partial charge in [-0.15, -0.1) is 0 Å². The van der Waals surface area contributed by atoms with Crippen LogP contribution in [0.2, 0.25) is 0 Å². The number of carboxylic acid groups (broad SMARTS) is 1. The van der Waals surface area contributed by atoms with Gasteiger partial charge < -0.3 is 5.11 Å². The summed E-state index contributed by atoms with van der Waals surface area (Å²) in [7, 11) is 0. The maximum atomic E-state index is 12.1. The SMILES string of the molecule is O=C1NC(=O)/C(=C\c2ccc(C(=O)O)cc2)C2=C1CCCC2. The van der Waals surface area contributed by atoms with Crippen molar-refractivity contribution in [2.45, 2.75) is 25.7 Å². The van der Waals surface area contributed by atoms with E-state index in [9.17, 15) is 14.4 Å². The van der Waals surface area contributed by atoms with Gasteiger partial charge in [0.05, 0.1) is 5.56 Å². The summed E-state index contributed by atoms with van der Waals surface area (Å²) >= 11 is 0. The molecule has 5 heteroatoms. The Balaban J connectivity index is 2.01. The lowest BCUT2D eigenvalue weighted by molar-refractivity contribution is -0.127. The number of nitrogens with one attached hydrogen (secondary N) is 1. The number of carbonyl (C=O) groups is 3. The van der Waals surface area contributed by atoms with Gasteiger partial charge in [0.15, 0.2) is 0 Å². The molecule has 0 fully saturated rings. The van der Waals surface area contributed by atoms with Gasteiger partial charge in [0, 0.05) is 11.1 Å². The van der Waals surface area contributed by atoms with Gasteiger partial charge in [-0.05, 0) is 55.0 Å². The van der Waals surface area contributed by atoms with E-state index in [1.54, 1.807) is 18.2 Å². The van der Waals surface area contributed by atoms with E-state index in [-0.39, 0.29) is 17.4 Å². The van der Waals surface area contributed by atoms with E-state index in [4.69, 9.17) is 5.11 Å². The maximum Gasteiger partial charge on any atom is 0.335 e. The molecule has 1 aliphatic carbocycles. The van der Waals surface area contributed by atoms with Crippen LogP contribution in [0.4, 0.5) is 0 Å². The van der Waals surface area contributed by atoms with E-state index in [2.05, 4.69) is 5.32 Å². The number of carbonyl (C=O) groups excluding carboxylic acids is 2. The highest BCUT2D eigenvalue weighted by atomic mass is 16.4. The molecule has 0 aromatic heterocycles. The van der Waals surface area contributed by atoms with Gasteiger partial charge in [-0.2, -0.15) is 0 Å². The van der Waals surface area contributed by atoms with E-state index in [1.165, 1.54) is 12.1 Å². The summed E-state index contributed by atoms with van der Waals surface area (Å²) < 4.78 is 0. The quantitative estimate of drug-likeness (QED) is 0.648. The number of hydrogen-bond acceptors (Lipinski definition) is 3. The summed E-state index contributed by atoms with van der Waals surface area (Å²) in [4.78, 5) is 34.8. The third-order valence-electron chi connectivity index (χ3n) is 4.01. The minimum atomic E-state index is -0.988. The lowest BCUT2D eigenvalue weighted by atomic mass is 9.83. The molecule has 0 atom stereocenters. The molecule has 0 bridgehead atoms. The van der Waals surface area contributed by atoms with Crippen molar-refractivity contribution >= 4 is 23.9 Å². The molecule has 1 heterocycles. The van der Waals surface area contributed by atoms with Crippen molar-refractivity contribution in [3.63, 3.8) is 0 Å². The molecular formula is C17H15NO4. The van der Waals surface area contributed by atoms with E-state index < -0.39 is 5.97 Å². The number of aromatic carboxylic acids is 1. The highest BCUT2D eigenvalue weighted by molar-refractivity contribution is 6.18. The van der Waals surface area contributed by atoms with Crippen LogP contribution in [0, 0.1) is 0 Å². The van der Waals surface area contributed by atoms with Crippen LogP contribution in [0.1, 0.15) is 41.6 Å². The van der Waals surface area contributed by atoms with Gasteiger partial charge in [0.1, 0.15) is 0 Å². The molecule has 112 valence electrons. The van der Waals surface area contributed by atoms with Gasteiger partial charge in [0.25, 0.3) is 11.8 Å². The molecule has 5 nitrogen and oxygen atoms in total. The number of benzene rings is 1. The second-order valence-corrected chi connectivity index (χ2v) is 5.43. The molecule has 2 amide bonds. The third kappa shape index (κ3) is 2.57. The average molecular weight is 297 g/mol. The zero-order valence-corrected chi connectivity index (χ0v) is 11.9. The molecule has 0 spiro atoms. The first kappa shape index (κ1) is 14.3. The summed E-state index contributed by atoms with van der Waals surface area (Å²) in [6.07, 6.45) is 5.07. The second-order valence-electron chi connectivity index (χ2n) is 5.43. The van der Waals surface area contributed by atoms with Crippen molar-refractivity contribution in [1.29, 1.82) is 0 Å². The summed E-state index contributed by atoms with van der Waals surface area (Å²) in [6, 6.07) is 6.31. The number of carboxylic acids is 1. The van der Waals surface area contributed by atoms with Crippen molar-refractivity contribution < 1.29 is 19.5 Å². The summed E-state index contributed by atoms with van der Waals surface area (Å²) in [5, 5.41) is 11.3. The maximum absolute atomic E-state index is 12.1. The largest absolute Gasteiger partial charge is 0.478 e. The van der Waals surface area contributed by atoms with Crippen molar-refractivity contribution in [2.24, 2.45) is 0 Å². The fraction of sp³-hybridized carbons (Fsp3) is 0.235. The Morgan fingerprint density at radius 1 is 1.00 bits per heavy atom. The molecular weight excluding hydrogens is 282 g/mol. The first-order valence-electron chi connectivity index (χ1n) is 7.19. The Kier molecular flexibility index (Phi) is 3.63. The molecule has 0 unspecified atom stereocenters. The fourth-order valence-corrected chi connectivity index (χ4v) is 2.88. The minimum absolute atomic E-state index is 0.197. The molecule has 2 aliphatic rings. The molecule has 1 aliphatic heterocycles. The van der Waals surface area contributed by atoms with E-state index in [1.807, 2.05) is 0 Å². The van der Waals surface area contributed by atoms with Gasteiger partial charge in [-0.25, -0.2) is 4.79 Å². The van der Waals surface area contributed by atoms with Crippen LogP contribution in [0.5, 0.6) is 0 Å². The molecule has 1 aromatic carbocycles. The standard InChI is InChI=1S/C17H15NO4/c19-15-13-4-2-1-3-12(13)14(16(20)18-15)9-10-5-7-11(8-6-10)17(21)22/h5-9H,1-4H2,(H,21,22)(H,18,19,20)/b14-9-.